The Morgan fingerprint density at radius 3 is 2.24 bits per heavy atom. The SMILES string of the molecule is NP(N)(=O)NC(=O)c1ccccc1C(F)(F)F. The monoisotopic (exact) mass is 267 g/mol. The van der Waals surface area contributed by atoms with Gasteiger partial charge in [0.05, 0.1) is 11.1 Å². The number of halogens is 3. The van der Waals surface area contributed by atoms with Crippen LogP contribution in [-0.2, 0) is 10.7 Å². The molecule has 0 atom stereocenters. The summed E-state index contributed by atoms with van der Waals surface area (Å²) in [6.07, 6.45) is -4.69. The number of carbonyl (C=O) groups is 1. The molecule has 5 N–H and O–H groups in total. The lowest BCUT2D eigenvalue weighted by Crippen LogP contribution is -2.30. The molecule has 94 valence electrons. The van der Waals surface area contributed by atoms with Crippen LogP contribution >= 0.6 is 7.59 Å². The van der Waals surface area contributed by atoms with E-state index in [1.54, 1.807) is 5.09 Å². The Morgan fingerprint density at radius 2 is 1.76 bits per heavy atom. The maximum Gasteiger partial charge on any atom is 0.417 e. The number of amides is 1. The molecule has 0 saturated carbocycles. The predicted octanol–water partition coefficient (Wildman–Crippen LogP) is 1.46. The molecule has 1 rings (SSSR count). The summed E-state index contributed by atoms with van der Waals surface area (Å²) in [5, 5.41) is 1.62. The van der Waals surface area contributed by atoms with E-state index in [9.17, 15) is 22.5 Å². The highest BCUT2D eigenvalue weighted by Gasteiger charge is 2.35. The van der Waals surface area contributed by atoms with Crippen LogP contribution in [0.4, 0.5) is 13.2 Å². The molecule has 0 bridgehead atoms. The number of hydrogen-bond donors (Lipinski definition) is 3. The average molecular weight is 267 g/mol. The zero-order valence-electron chi connectivity index (χ0n) is 8.36. The number of benzene rings is 1. The van der Waals surface area contributed by atoms with Crippen molar-refractivity contribution in [3.63, 3.8) is 0 Å². The molecule has 0 radical (unpaired) electrons. The molecule has 0 fully saturated rings. The van der Waals surface area contributed by atoms with Crippen LogP contribution in [0.25, 0.3) is 0 Å². The second kappa shape index (κ2) is 4.48. The zero-order chi connectivity index (χ0) is 13.3. The van der Waals surface area contributed by atoms with Crippen LogP contribution in [0.15, 0.2) is 24.3 Å². The van der Waals surface area contributed by atoms with Gasteiger partial charge >= 0.3 is 13.8 Å². The van der Waals surface area contributed by atoms with E-state index in [1.807, 2.05) is 0 Å². The first-order valence-electron chi connectivity index (χ1n) is 4.27. The van der Waals surface area contributed by atoms with Crippen molar-refractivity contribution in [2.45, 2.75) is 6.18 Å². The van der Waals surface area contributed by atoms with Crippen molar-refractivity contribution in [3.05, 3.63) is 35.4 Å². The molecule has 0 aliphatic rings. The Bertz CT molecular complexity index is 483. The first-order valence-corrected chi connectivity index (χ1v) is 6.12. The molecule has 1 aromatic carbocycles. The minimum absolute atomic E-state index is 0.684. The van der Waals surface area contributed by atoms with E-state index in [0.717, 1.165) is 18.2 Å². The summed E-state index contributed by atoms with van der Waals surface area (Å²) in [6, 6.07) is 4.03. The highest BCUT2D eigenvalue weighted by Crippen LogP contribution is 2.32. The predicted molar refractivity (Wildman–Crippen MR) is 54.9 cm³/mol. The fourth-order valence-corrected chi connectivity index (χ4v) is 1.59. The highest BCUT2D eigenvalue weighted by molar-refractivity contribution is 7.57. The van der Waals surface area contributed by atoms with Crippen LogP contribution in [0.2, 0.25) is 0 Å². The smallest absolute Gasteiger partial charge is 0.279 e. The highest BCUT2D eigenvalue weighted by atomic mass is 31.2. The van der Waals surface area contributed by atoms with E-state index >= 15 is 0 Å². The summed E-state index contributed by atoms with van der Waals surface area (Å²) >= 11 is 0. The van der Waals surface area contributed by atoms with E-state index in [-0.39, 0.29) is 0 Å². The minimum atomic E-state index is -4.69. The van der Waals surface area contributed by atoms with Gasteiger partial charge in [-0.25, -0.2) is 0 Å². The minimum Gasteiger partial charge on any atom is -0.279 e. The van der Waals surface area contributed by atoms with Crippen molar-refractivity contribution in [2.24, 2.45) is 11.0 Å². The lowest BCUT2D eigenvalue weighted by molar-refractivity contribution is -0.137. The summed E-state index contributed by atoms with van der Waals surface area (Å²) in [6.45, 7) is 0. The maximum atomic E-state index is 12.5. The average Bonchev–Trinajstić information content (AvgIpc) is 2.13. The summed E-state index contributed by atoms with van der Waals surface area (Å²) < 4.78 is 48.5. The first-order chi connectivity index (χ1) is 7.61. The maximum absolute atomic E-state index is 12.5. The zero-order valence-corrected chi connectivity index (χ0v) is 9.26. The molecule has 9 heteroatoms. The molecule has 0 aliphatic heterocycles. The molecule has 0 heterocycles. The van der Waals surface area contributed by atoms with Crippen molar-refractivity contribution in [1.82, 2.24) is 5.09 Å². The van der Waals surface area contributed by atoms with E-state index in [1.165, 1.54) is 6.07 Å². The van der Waals surface area contributed by atoms with Crippen molar-refractivity contribution in [2.75, 3.05) is 0 Å². The van der Waals surface area contributed by atoms with Gasteiger partial charge in [-0.15, -0.1) is 0 Å². The van der Waals surface area contributed by atoms with E-state index in [2.05, 4.69) is 0 Å². The van der Waals surface area contributed by atoms with Crippen molar-refractivity contribution in [1.29, 1.82) is 0 Å². The van der Waals surface area contributed by atoms with Gasteiger partial charge in [0.15, 0.2) is 0 Å². The second-order valence-electron chi connectivity index (χ2n) is 3.19. The molecule has 0 saturated heterocycles. The number of nitrogens with one attached hydrogen (secondary N) is 1. The van der Waals surface area contributed by atoms with E-state index < -0.39 is 30.8 Å². The van der Waals surface area contributed by atoms with Crippen LogP contribution in [-0.4, -0.2) is 5.91 Å². The molecule has 0 aliphatic carbocycles. The molecule has 1 aromatic rings. The van der Waals surface area contributed by atoms with Gasteiger partial charge in [-0.2, -0.15) is 13.2 Å². The molecule has 0 aromatic heterocycles. The van der Waals surface area contributed by atoms with Gasteiger partial charge in [-0.3, -0.25) is 25.5 Å². The summed E-state index contributed by atoms with van der Waals surface area (Å²) in [5.74, 6) is -1.23. The third-order valence-electron chi connectivity index (χ3n) is 1.75. The number of alkyl halides is 3. The number of hydrogen-bond acceptors (Lipinski definition) is 2. The lowest BCUT2D eigenvalue weighted by atomic mass is 10.1. The van der Waals surface area contributed by atoms with Gasteiger partial charge in [0.25, 0.3) is 5.91 Å². The van der Waals surface area contributed by atoms with Gasteiger partial charge in [-0.1, -0.05) is 12.1 Å². The Kier molecular flexibility index (Phi) is 3.61. The number of nitrogens with two attached hydrogens (primary N) is 2. The van der Waals surface area contributed by atoms with E-state index in [0.29, 0.717) is 0 Å². The van der Waals surface area contributed by atoms with Gasteiger partial charge in [-0.05, 0) is 12.1 Å². The van der Waals surface area contributed by atoms with Crippen LogP contribution in [0, 0.1) is 0 Å². The van der Waals surface area contributed by atoms with Gasteiger partial charge < -0.3 is 0 Å². The summed E-state index contributed by atoms with van der Waals surface area (Å²) in [4.78, 5) is 11.4. The summed E-state index contributed by atoms with van der Waals surface area (Å²) in [7, 11) is -3.93. The van der Waals surface area contributed by atoms with Crippen LogP contribution in [0.5, 0.6) is 0 Å². The van der Waals surface area contributed by atoms with E-state index in [4.69, 9.17) is 11.0 Å². The molecule has 17 heavy (non-hydrogen) atoms. The number of rotatable bonds is 2. The third-order valence-corrected chi connectivity index (χ3v) is 2.31. The topological polar surface area (TPSA) is 98.2 Å². The Labute approximate surface area is 94.5 Å². The standard InChI is InChI=1S/C8H9F3N3O2P/c9-8(10,11)6-4-2-1-3-5(6)7(15)14-17(12,13)16/h1-4H,(H5,12,13,14,15,16). The molecular formula is C8H9F3N3O2P. The Hall–Kier alpha value is -1.37. The first kappa shape index (κ1) is 13.7. The van der Waals surface area contributed by atoms with Gasteiger partial charge in [0.2, 0.25) is 0 Å². The van der Waals surface area contributed by atoms with Gasteiger partial charge in [0, 0.05) is 0 Å². The second-order valence-corrected chi connectivity index (χ2v) is 4.84. The van der Waals surface area contributed by atoms with Crippen molar-refractivity contribution in [3.8, 4) is 0 Å². The fourth-order valence-electron chi connectivity index (χ4n) is 1.15. The quantitative estimate of drug-likeness (QED) is 0.706. The van der Waals surface area contributed by atoms with Crippen LogP contribution in [0.1, 0.15) is 15.9 Å². The molecule has 5 nitrogen and oxygen atoms in total. The largest absolute Gasteiger partial charge is 0.417 e. The van der Waals surface area contributed by atoms with Crippen molar-refractivity contribution >= 4 is 13.5 Å². The summed E-state index contributed by atoms with van der Waals surface area (Å²) in [5.41, 5.74) is 7.87. The Balaban J connectivity index is 3.15. The third kappa shape index (κ3) is 3.85. The van der Waals surface area contributed by atoms with Crippen LogP contribution < -0.4 is 16.1 Å². The fraction of sp³-hybridized carbons (Fsp3) is 0.125. The molecule has 0 unspecified atom stereocenters. The van der Waals surface area contributed by atoms with Crippen molar-refractivity contribution < 1.29 is 22.5 Å². The van der Waals surface area contributed by atoms with Gasteiger partial charge in [0.1, 0.15) is 0 Å². The molecular weight excluding hydrogens is 258 g/mol. The molecule has 1 amide bonds. The Morgan fingerprint density at radius 1 is 1.24 bits per heavy atom. The normalized spacial score (nSPS) is 12.3. The lowest BCUT2D eigenvalue weighted by Gasteiger charge is -2.13. The number of carbonyl (C=O) groups excluding carboxylic acids is 1. The molecule has 0 spiro atoms. The van der Waals surface area contributed by atoms with Crippen LogP contribution in [0.3, 0.4) is 0 Å².